The van der Waals surface area contributed by atoms with Crippen molar-refractivity contribution >= 4 is 17.5 Å². The van der Waals surface area contributed by atoms with Gasteiger partial charge in [-0.25, -0.2) is 9.97 Å². The van der Waals surface area contributed by atoms with Crippen molar-refractivity contribution in [3.63, 3.8) is 0 Å². The summed E-state index contributed by atoms with van der Waals surface area (Å²) in [5.74, 6) is 1.01. The zero-order chi connectivity index (χ0) is 17.8. The van der Waals surface area contributed by atoms with Crippen molar-refractivity contribution in [2.75, 3.05) is 37.0 Å². The summed E-state index contributed by atoms with van der Waals surface area (Å²) in [6, 6.07) is 3.44. The standard InChI is InChI=1S/C17H22N6O2/c1-22(2)14-10-12(5-6-18-14)16(24)21-13-4-3-9-23(11-13)15-17(25)20-8-7-19-15/h5-8,10,13H,3-4,9,11H2,1-2H3,(H,20,25)(H,21,24). The fourth-order valence-electron chi connectivity index (χ4n) is 2.93. The molecule has 1 amide bonds. The SMILES string of the molecule is CN(C)c1cc(C(=O)NC2CCCN(c3ncc[nH]c3=O)C2)ccn1. The predicted octanol–water partition coefficient (Wildman–Crippen LogP) is 0.630. The number of hydrogen-bond donors (Lipinski definition) is 2. The normalized spacial score (nSPS) is 17.2. The molecule has 1 aliphatic rings. The molecule has 2 aromatic rings. The van der Waals surface area contributed by atoms with E-state index in [1.54, 1.807) is 24.5 Å². The number of carbonyl (C=O) groups excluding carboxylic acids is 1. The minimum absolute atomic E-state index is 0.0290. The van der Waals surface area contributed by atoms with E-state index in [2.05, 4.69) is 20.3 Å². The van der Waals surface area contributed by atoms with Gasteiger partial charge in [-0.15, -0.1) is 0 Å². The van der Waals surface area contributed by atoms with Crippen LogP contribution in [0.25, 0.3) is 0 Å². The highest BCUT2D eigenvalue weighted by Gasteiger charge is 2.24. The number of pyridine rings is 1. The maximum atomic E-state index is 12.5. The van der Waals surface area contributed by atoms with Crippen molar-refractivity contribution in [3.8, 4) is 0 Å². The van der Waals surface area contributed by atoms with Gasteiger partial charge in [0.1, 0.15) is 5.82 Å². The Labute approximate surface area is 145 Å². The highest BCUT2D eigenvalue weighted by molar-refractivity contribution is 5.95. The van der Waals surface area contributed by atoms with Crippen LogP contribution in [-0.4, -0.2) is 54.1 Å². The van der Waals surface area contributed by atoms with Crippen LogP contribution in [0.15, 0.2) is 35.5 Å². The minimum Gasteiger partial charge on any atom is -0.363 e. The molecule has 8 heteroatoms. The third-order valence-electron chi connectivity index (χ3n) is 4.21. The number of anilines is 2. The zero-order valence-corrected chi connectivity index (χ0v) is 14.4. The van der Waals surface area contributed by atoms with Crippen LogP contribution in [0.2, 0.25) is 0 Å². The molecule has 2 aromatic heterocycles. The van der Waals surface area contributed by atoms with E-state index in [1.165, 1.54) is 6.20 Å². The topological polar surface area (TPSA) is 94.2 Å². The van der Waals surface area contributed by atoms with Crippen LogP contribution in [0.3, 0.4) is 0 Å². The van der Waals surface area contributed by atoms with Gasteiger partial charge in [0.2, 0.25) is 0 Å². The Morgan fingerprint density at radius 1 is 1.36 bits per heavy atom. The van der Waals surface area contributed by atoms with Crippen LogP contribution in [0.1, 0.15) is 23.2 Å². The van der Waals surface area contributed by atoms with E-state index in [1.807, 2.05) is 23.9 Å². The van der Waals surface area contributed by atoms with E-state index in [0.717, 1.165) is 25.2 Å². The highest BCUT2D eigenvalue weighted by Crippen LogP contribution is 2.15. The molecule has 1 unspecified atom stereocenters. The van der Waals surface area contributed by atoms with Crippen molar-refractivity contribution in [1.82, 2.24) is 20.3 Å². The third kappa shape index (κ3) is 3.96. The molecule has 1 fully saturated rings. The Kier molecular flexibility index (Phi) is 4.97. The fourth-order valence-corrected chi connectivity index (χ4v) is 2.93. The number of hydrogen-bond acceptors (Lipinski definition) is 6. The molecule has 0 radical (unpaired) electrons. The maximum absolute atomic E-state index is 12.5. The molecule has 1 atom stereocenters. The van der Waals surface area contributed by atoms with Crippen LogP contribution in [0.4, 0.5) is 11.6 Å². The monoisotopic (exact) mass is 342 g/mol. The lowest BCUT2D eigenvalue weighted by atomic mass is 10.1. The summed E-state index contributed by atoms with van der Waals surface area (Å²) in [5, 5.41) is 3.05. The van der Waals surface area contributed by atoms with Crippen molar-refractivity contribution in [2.45, 2.75) is 18.9 Å². The van der Waals surface area contributed by atoms with Crippen LogP contribution < -0.4 is 20.7 Å². The zero-order valence-electron chi connectivity index (χ0n) is 14.4. The summed E-state index contributed by atoms with van der Waals surface area (Å²) in [6.45, 7) is 1.32. The lowest BCUT2D eigenvalue weighted by molar-refractivity contribution is 0.0933. The summed E-state index contributed by atoms with van der Waals surface area (Å²) in [7, 11) is 3.76. The number of H-pyrrole nitrogens is 1. The van der Waals surface area contributed by atoms with E-state index in [9.17, 15) is 9.59 Å². The summed E-state index contributed by atoms with van der Waals surface area (Å²) >= 11 is 0. The lowest BCUT2D eigenvalue weighted by Gasteiger charge is -2.33. The van der Waals surface area contributed by atoms with E-state index in [4.69, 9.17) is 0 Å². The summed E-state index contributed by atoms with van der Waals surface area (Å²) in [5.41, 5.74) is 0.366. The molecule has 3 rings (SSSR count). The van der Waals surface area contributed by atoms with Gasteiger partial charge in [-0.1, -0.05) is 0 Å². The van der Waals surface area contributed by atoms with Gasteiger partial charge in [0, 0.05) is 57.4 Å². The van der Waals surface area contributed by atoms with Gasteiger partial charge in [0.15, 0.2) is 5.82 Å². The van der Waals surface area contributed by atoms with Gasteiger partial charge in [-0.05, 0) is 25.0 Å². The maximum Gasteiger partial charge on any atom is 0.290 e. The molecule has 2 N–H and O–H groups in total. The van der Waals surface area contributed by atoms with E-state index in [0.29, 0.717) is 17.9 Å². The number of aromatic nitrogens is 3. The molecular weight excluding hydrogens is 320 g/mol. The highest BCUT2D eigenvalue weighted by atomic mass is 16.1. The molecule has 0 saturated carbocycles. The molecule has 3 heterocycles. The quantitative estimate of drug-likeness (QED) is 0.846. The molecule has 1 saturated heterocycles. The molecule has 0 aromatic carbocycles. The van der Waals surface area contributed by atoms with Crippen LogP contribution in [-0.2, 0) is 0 Å². The first kappa shape index (κ1) is 16.9. The van der Waals surface area contributed by atoms with E-state index in [-0.39, 0.29) is 17.5 Å². The Morgan fingerprint density at radius 2 is 2.20 bits per heavy atom. The van der Waals surface area contributed by atoms with Crippen molar-refractivity contribution in [2.24, 2.45) is 0 Å². The molecule has 0 spiro atoms. The van der Waals surface area contributed by atoms with Gasteiger partial charge in [0.25, 0.3) is 11.5 Å². The van der Waals surface area contributed by atoms with Crippen molar-refractivity contribution in [3.05, 3.63) is 46.6 Å². The van der Waals surface area contributed by atoms with Gasteiger partial charge < -0.3 is 20.1 Å². The number of carbonyl (C=O) groups is 1. The van der Waals surface area contributed by atoms with Crippen molar-refractivity contribution < 1.29 is 4.79 Å². The molecule has 0 bridgehead atoms. The number of amides is 1. The van der Waals surface area contributed by atoms with Gasteiger partial charge in [0.05, 0.1) is 0 Å². The Balaban J connectivity index is 1.68. The Bertz CT molecular complexity index is 803. The molecular formula is C17H22N6O2. The van der Waals surface area contributed by atoms with Crippen LogP contribution in [0, 0.1) is 0 Å². The second kappa shape index (κ2) is 7.33. The molecule has 25 heavy (non-hydrogen) atoms. The molecule has 0 aliphatic carbocycles. The fraction of sp³-hybridized carbons (Fsp3) is 0.412. The first-order valence-corrected chi connectivity index (χ1v) is 8.27. The van der Waals surface area contributed by atoms with E-state index >= 15 is 0 Å². The number of nitrogens with zero attached hydrogens (tertiary/aromatic N) is 4. The molecule has 8 nitrogen and oxygen atoms in total. The number of nitrogens with one attached hydrogen (secondary N) is 2. The summed E-state index contributed by atoms with van der Waals surface area (Å²) in [6.07, 6.45) is 6.48. The smallest absolute Gasteiger partial charge is 0.290 e. The van der Waals surface area contributed by atoms with Gasteiger partial charge in [-0.3, -0.25) is 9.59 Å². The second-order valence-electron chi connectivity index (χ2n) is 6.30. The Morgan fingerprint density at radius 3 is 2.96 bits per heavy atom. The minimum atomic E-state index is -0.209. The number of rotatable bonds is 4. The number of piperidine rings is 1. The van der Waals surface area contributed by atoms with Gasteiger partial charge in [-0.2, -0.15) is 0 Å². The lowest BCUT2D eigenvalue weighted by Crippen LogP contribution is -2.49. The number of aromatic amines is 1. The predicted molar refractivity (Wildman–Crippen MR) is 96.1 cm³/mol. The van der Waals surface area contributed by atoms with E-state index < -0.39 is 0 Å². The van der Waals surface area contributed by atoms with Gasteiger partial charge >= 0.3 is 0 Å². The molecule has 132 valence electrons. The largest absolute Gasteiger partial charge is 0.363 e. The average molecular weight is 342 g/mol. The summed E-state index contributed by atoms with van der Waals surface area (Å²) in [4.78, 5) is 39.2. The average Bonchev–Trinajstić information content (AvgIpc) is 2.62. The second-order valence-corrected chi connectivity index (χ2v) is 6.30. The first-order chi connectivity index (χ1) is 12.0. The van der Waals surface area contributed by atoms with Crippen LogP contribution >= 0.6 is 0 Å². The van der Waals surface area contributed by atoms with Crippen molar-refractivity contribution in [1.29, 1.82) is 0 Å². The third-order valence-corrected chi connectivity index (χ3v) is 4.21. The van der Waals surface area contributed by atoms with Crippen LogP contribution in [0.5, 0.6) is 0 Å². The Hall–Kier alpha value is -2.90. The summed E-state index contributed by atoms with van der Waals surface area (Å²) < 4.78 is 0. The first-order valence-electron chi connectivity index (χ1n) is 8.27. The molecule has 1 aliphatic heterocycles.